The third-order valence-electron chi connectivity index (χ3n) is 17.6. The highest BCUT2D eigenvalue weighted by Crippen LogP contribution is 2.37. The predicted octanol–water partition coefficient (Wildman–Crippen LogP) is 14.6. The van der Waals surface area contributed by atoms with Crippen molar-refractivity contribution in [1.82, 2.24) is 30.9 Å². The molecule has 91 heavy (non-hydrogen) atoms. The molecule has 0 spiro atoms. The predicted molar refractivity (Wildman–Crippen MR) is 349 cm³/mol. The smallest absolute Gasteiger partial charge is 0.290 e. The Morgan fingerprint density at radius 2 is 0.978 bits per heavy atom. The Labute approximate surface area is 543 Å². The Morgan fingerprint density at radius 3 is 1.41 bits per heavy atom. The number of nitrogens with zero attached hydrogens (tertiary/aromatic N) is 3. The lowest BCUT2D eigenvalue weighted by Gasteiger charge is -2.31. The molecular weight excluding hydrogens is 1220 g/mol. The van der Waals surface area contributed by atoms with Gasteiger partial charge < -0.3 is 32.6 Å². The van der Waals surface area contributed by atoms with E-state index in [4.69, 9.17) is 27.5 Å². The first-order valence-electron chi connectivity index (χ1n) is 31.7. The van der Waals surface area contributed by atoms with Gasteiger partial charge in [0.2, 0.25) is 29.5 Å². The normalized spacial score (nSPS) is 24.1. The van der Waals surface area contributed by atoms with Crippen LogP contribution >= 0.6 is 35.3 Å². The number of oxazole rings is 3. The molecule has 9 unspecified atom stereocenters. The average molecular weight is 1300 g/mol. The lowest BCUT2D eigenvalue weighted by molar-refractivity contribution is -0.121. The van der Waals surface area contributed by atoms with E-state index in [1.165, 1.54) is 11.1 Å². The van der Waals surface area contributed by atoms with Crippen LogP contribution in [0.1, 0.15) is 154 Å². The maximum absolute atomic E-state index is 11.8. The zero-order valence-corrected chi connectivity index (χ0v) is 55.0. The summed E-state index contributed by atoms with van der Waals surface area (Å²) in [6.45, 7) is 13.2. The lowest BCUT2D eigenvalue weighted by Crippen LogP contribution is -2.35. The summed E-state index contributed by atoms with van der Waals surface area (Å²) in [4.78, 5) is 83.6. The van der Waals surface area contributed by atoms with Crippen molar-refractivity contribution in [2.45, 2.75) is 199 Å². The molecule has 9 atom stereocenters. The summed E-state index contributed by atoms with van der Waals surface area (Å²) in [6, 6.07) is 24.3. The number of aromatic nitrogens is 3. The van der Waals surface area contributed by atoms with E-state index in [2.05, 4.69) is 69.0 Å². The standard InChI is InChI=1S/C23H28N2O5S.C23H28N2O4S.C23H26N2O4S/c1-13-5-3-7-16(9-13)22-24-18(14(2)30-22)12-29-17-8-4-6-15(10-17)11-19(26)20-21(27)25-23(28)31-20;2*1-14-5-3-7-17(11-14)22-24-19(15(2)29-22)13-28-18-8-4-6-16(12-18)9-10-20-21(26)25-23(27)30-20/h3,5,7,9,15,17,19-20,26H,4,6,8,10-12H2,1-2H3,(H,25,27,28);3,5,7,11,16,18,20H,4,6,8-10,12-13H2,1-2H3,(H,25,26,27);3,5,7,10-11,16,18H,4,6,8-9,12-13H2,1-2H3,(H,25,26,27)/b;;20-10-. The van der Waals surface area contributed by atoms with Gasteiger partial charge >= 0.3 is 0 Å². The molecule has 3 saturated carbocycles. The number of carbonyl (C=O) groups excluding carboxylic acids is 6. The van der Waals surface area contributed by atoms with Crippen LogP contribution in [0, 0.1) is 59.3 Å². The van der Waals surface area contributed by atoms with Gasteiger partial charge in [-0.15, -0.1) is 0 Å². The Balaban J connectivity index is 0.000000150. The molecule has 3 aliphatic carbocycles. The minimum absolute atomic E-state index is 0.0798. The summed E-state index contributed by atoms with van der Waals surface area (Å²) in [5.41, 5.74) is 8.90. The first kappa shape index (κ1) is 67.2. The van der Waals surface area contributed by atoms with Gasteiger partial charge in [-0.2, -0.15) is 0 Å². The molecule has 0 radical (unpaired) electrons. The van der Waals surface area contributed by atoms with Gasteiger partial charge in [-0.25, -0.2) is 15.0 Å². The van der Waals surface area contributed by atoms with Gasteiger partial charge in [-0.1, -0.05) is 103 Å². The van der Waals surface area contributed by atoms with Crippen molar-refractivity contribution in [2.24, 2.45) is 17.8 Å². The van der Waals surface area contributed by atoms with E-state index in [0.29, 0.717) is 60.7 Å². The molecule has 4 N–H and O–H groups in total. The Bertz CT molecular complexity index is 3600. The van der Waals surface area contributed by atoms with Crippen LogP contribution in [-0.2, 0) is 48.4 Å². The largest absolute Gasteiger partial charge is 0.441 e. The molecule has 3 aromatic heterocycles. The highest BCUT2D eigenvalue weighted by atomic mass is 32.2. The SMILES string of the molecule is Cc1cccc(-c2nc(COC3CCCC(C/C=C4\SC(=O)NC4=O)C3)c(C)o2)c1.Cc1cccc(-c2nc(COC3CCCC(CC(O)C4SC(=O)NC4=O)C3)c(C)o2)c1.Cc1cccc(-c2nc(COC3CCCC(CCC4SC(=O)NC4=O)C3)c(C)o2)c1. The topological polar surface area (TPSA) is 265 Å². The van der Waals surface area contributed by atoms with Crippen LogP contribution < -0.4 is 16.0 Å². The number of imide groups is 3. The molecule has 0 bridgehead atoms. The van der Waals surface area contributed by atoms with E-state index in [0.717, 1.165) is 188 Å². The number of nitrogens with one attached hydrogen (secondary N) is 3. The third-order valence-corrected chi connectivity index (χ3v) is 20.6. The van der Waals surface area contributed by atoms with Crippen molar-refractivity contribution in [3.05, 3.63) is 135 Å². The van der Waals surface area contributed by atoms with Crippen LogP contribution in [0.5, 0.6) is 0 Å². The van der Waals surface area contributed by atoms with Crippen LogP contribution in [0.3, 0.4) is 0 Å². The highest BCUT2D eigenvalue weighted by Gasteiger charge is 2.39. The fourth-order valence-electron chi connectivity index (χ4n) is 12.6. The van der Waals surface area contributed by atoms with Gasteiger partial charge in [-0.3, -0.25) is 44.7 Å². The Morgan fingerprint density at radius 1 is 0.538 bits per heavy atom. The van der Waals surface area contributed by atoms with E-state index in [9.17, 15) is 33.9 Å². The monoisotopic (exact) mass is 1300 g/mol. The lowest BCUT2D eigenvalue weighted by atomic mass is 9.83. The maximum Gasteiger partial charge on any atom is 0.290 e. The van der Waals surface area contributed by atoms with Crippen molar-refractivity contribution >= 4 is 68.7 Å². The van der Waals surface area contributed by atoms with Crippen molar-refractivity contribution < 1.29 is 61.3 Å². The minimum Gasteiger partial charge on any atom is -0.441 e. The van der Waals surface area contributed by atoms with Crippen LogP contribution in [0.15, 0.2) is 97.0 Å². The van der Waals surface area contributed by atoms with E-state index < -0.39 is 17.3 Å². The van der Waals surface area contributed by atoms with Crippen LogP contribution in [0.2, 0.25) is 0 Å². The van der Waals surface area contributed by atoms with Crippen molar-refractivity contribution in [3.8, 4) is 34.4 Å². The zero-order valence-electron chi connectivity index (χ0n) is 52.5. The van der Waals surface area contributed by atoms with Gasteiger partial charge in [0, 0.05) is 16.7 Å². The number of aryl methyl sites for hydroxylation is 6. The maximum atomic E-state index is 11.8. The van der Waals surface area contributed by atoms with Crippen LogP contribution in [0.25, 0.3) is 34.4 Å². The first-order valence-corrected chi connectivity index (χ1v) is 34.3. The second kappa shape index (κ2) is 31.8. The summed E-state index contributed by atoms with van der Waals surface area (Å²) >= 11 is 2.99. The van der Waals surface area contributed by atoms with Gasteiger partial charge in [0.05, 0.1) is 54.4 Å². The number of amides is 6. The number of aliphatic hydroxyl groups excluding tert-OH is 1. The number of hydrogen-bond donors (Lipinski definition) is 4. The fourth-order valence-corrected chi connectivity index (χ4v) is 15.0. The Kier molecular flexibility index (Phi) is 23.5. The number of ether oxygens (including phenoxy) is 3. The summed E-state index contributed by atoms with van der Waals surface area (Å²) in [7, 11) is 0. The molecule has 22 heteroatoms. The summed E-state index contributed by atoms with van der Waals surface area (Å²) in [5.74, 6) is 4.67. The van der Waals surface area contributed by atoms with Crippen molar-refractivity contribution in [3.63, 3.8) is 0 Å². The van der Waals surface area contributed by atoms with Gasteiger partial charge in [0.1, 0.15) is 39.6 Å². The molecule has 3 aliphatic heterocycles. The van der Waals surface area contributed by atoms with Crippen LogP contribution in [0.4, 0.5) is 14.4 Å². The zero-order chi connectivity index (χ0) is 64.1. The number of rotatable bonds is 20. The third kappa shape index (κ3) is 19.0. The van der Waals surface area contributed by atoms with Gasteiger partial charge in [0.25, 0.3) is 21.6 Å². The molecule has 6 heterocycles. The summed E-state index contributed by atoms with van der Waals surface area (Å²) < 4.78 is 36.1. The molecule has 3 saturated heterocycles. The van der Waals surface area contributed by atoms with E-state index in [1.807, 2.05) is 82.3 Å². The first-order chi connectivity index (χ1) is 43.8. The Hall–Kier alpha value is -6.66. The second-order valence-electron chi connectivity index (χ2n) is 24.8. The number of hydrogen-bond acceptors (Lipinski definition) is 19. The second-order valence-corrected chi connectivity index (χ2v) is 28.1. The molecular formula is C69H82N6O13S3. The minimum atomic E-state index is -0.824. The number of thioether (sulfide) groups is 3. The van der Waals surface area contributed by atoms with E-state index in [1.54, 1.807) is 0 Å². The molecule has 6 fully saturated rings. The number of allylic oxidation sites excluding steroid dienone is 1. The van der Waals surface area contributed by atoms with Gasteiger partial charge in [0.15, 0.2) is 0 Å². The molecule has 6 aliphatic rings. The van der Waals surface area contributed by atoms with E-state index >= 15 is 0 Å². The molecule has 12 rings (SSSR count). The average Bonchev–Trinajstić information content (AvgIpc) is 2.23. The summed E-state index contributed by atoms with van der Waals surface area (Å²) in [6.07, 6.45) is 16.9. The summed E-state index contributed by atoms with van der Waals surface area (Å²) in [5, 5.41) is 15.5. The highest BCUT2D eigenvalue weighted by molar-refractivity contribution is 8.18. The quantitative estimate of drug-likeness (QED) is 0.0518. The van der Waals surface area contributed by atoms with Crippen molar-refractivity contribution in [2.75, 3.05) is 0 Å². The van der Waals surface area contributed by atoms with Crippen LogP contribution in [-0.4, -0.2) is 88.4 Å². The number of carbonyl (C=O) groups is 6. The van der Waals surface area contributed by atoms with E-state index in [-0.39, 0.29) is 57.0 Å². The molecule has 19 nitrogen and oxygen atoms in total. The number of aliphatic hydroxyl groups is 1. The molecule has 6 aromatic rings. The molecule has 6 amide bonds. The van der Waals surface area contributed by atoms with Crippen molar-refractivity contribution in [1.29, 1.82) is 0 Å². The van der Waals surface area contributed by atoms with Gasteiger partial charge in [-0.05, 0) is 190 Å². The molecule has 484 valence electrons. The fraction of sp³-hybridized carbons (Fsp3) is 0.493. The molecule has 3 aromatic carbocycles. The number of benzene rings is 3.